The normalized spacial score (nSPS) is 16.8. The van der Waals surface area contributed by atoms with Crippen molar-refractivity contribution < 1.29 is 18.4 Å². The van der Waals surface area contributed by atoms with Crippen molar-refractivity contribution in [2.45, 2.75) is 19.4 Å². The molecule has 126 valence electrons. The first-order valence-electron chi connectivity index (χ1n) is 7.32. The maximum atomic E-state index is 13.3. The molecular formula is C16H15F2N3O2S. The van der Waals surface area contributed by atoms with Gasteiger partial charge in [0.1, 0.15) is 16.2 Å². The zero-order chi connectivity index (χ0) is 17.5. The molecule has 8 heteroatoms. The third-order valence-electron chi connectivity index (χ3n) is 3.99. The number of hydrogen-bond donors (Lipinski definition) is 1. The van der Waals surface area contributed by atoms with Crippen molar-refractivity contribution in [1.82, 2.24) is 15.2 Å². The molecule has 1 aromatic heterocycles. The minimum atomic E-state index is -0.971. The number of nitrogens with zero attached hydrogens (tertiary/aromatic N) is 2. The van der Waals surface area contributed by atoms with Crippen LogP contribution >= 0.6 is 11.3 Å². The zero-order valence-electron chi connectivity index (χ0n) is 13.1. The molecule has 0 bridgehead atoms. The molecule has 1 aromatic carbocycles. The number of aromatic nitrogens is 1. The van der Waals surface area contributed by atoms with E-state index in [1.54, 1.807) is 19.2 Å². The molecule has 2 amide bonds. The lowest BCUT2D eigenvalue weighted by Crippen LogP contribution is -2.63. The van der Waals surface area contributed by atoms with Crippen LogP contribution in [-0.2, 0) is 4.79 Å². The Hall–Kier alpha value is -2.35. The summed E-state index contributed by atoms with van der Waals surface area (Å²) in [5.74, 6) is -2.49. The van der Waals surface area contributed by atoms with Gasteiger partial charge in [-0.15, -0.1) is 11.3 Å². The van der Waals surface area contributed by atoms with E-state index in [4.69, 9.17) is 0 Å². The van der Waals surface area contributed by atoms with Crippen molar-refractivity contribution in [3.05, 3.63) is 40.9 Å². The molecule has 2 aromatic rings. The summed E-state index contributed by atoms with van der Waals surface area (Å²) in [4.78, 5) is 30.3. The summed E-state index contributed by atoms with van der Waals surface area (Å²) in [5, 5.41) is 4.69. The summed E-state index contributed by atoms with van der Waals surface area (Å²) in [7, 11) is 0. The zero-order valence-corrected chi connectivity index (χ0v) is 13.9. The van der Waals surface area contributed by atoms with Gasteiger partial charge in [0.15, 0.2) is 11.6 Å². The van der Waals surface area contributed by atoms with Crippen LogP contribution < -0.4 is 5.32 Å². The van der Waals surface area contributed by atoms with Gasteiger partial charge in [-0.05, 0) is 32.0 Å². The van der Waals surface area contributed by atoms with Crippen molar-refractivity contribution in [2.75, 3.05) is 13.1 Å². The van der Waals surface area contributed by atoms with E-state index in [9.17, 15) is 18.4 Å². The smallest absolute Gasteiger partial charge is 0.274 e. The van der Waals surface area contributed by atoms with Gasteiger partial charge in [-0.2, -0.15) is 0 Å². The van der Waals surface area contributed by atoms with Crippen LogP contribution in [0.3, 0.4) is 0 Å². The predicted molar refractivity (Wildman–Crippen MR) is 85.6 cm³/mol. The van der Waals surface area contributed by atoms with Gasteiger partial charge in [0, 0.05) is 24.0 Å². The topological polar surface area (TPSA) is 62.3 Å². The average molecular weight is 351 g/mol. The van der Waals surface area contributed by atoms with Gasteiger partial charge < -0.3 is 10.2 Å². The number of piperazine rings is 1. The van der Waals surface area contributed by atoms with Gasteiger partial charge in [0.2, 0.25) is 5.91 Å². The highest BCUT2D eigenvalue weighted by molar-refractivity contribution is 7.13. The van der Waals surface area contributed by atoms with Crippen LogP contribution in [0.5, 0.6) is 0 Å². The molecule has 5 nitrogen and oxygen atoms in total. The van der Waals surface area contributed by atoms with Crippen molar-refractivity contribution in [3.8, 4) is 10.6 Å². The standard InChI is InChI=1S/C16H15F2N3O2S/c1-16(2)15(23)19-5-6-21(16)14(22)12-8-24-13(20-12)9-3-4-10(17)11(18)7-9/h3-4,7-8H,5-6H2,1-2H3,(H,19,23). The molecule has 1 N–H and O–H groups in total. The van der Waals surface area contributed by atoms with E-state index < -0.39 is 17.2 Å². The highest BCUT2D eigenvalue weighted by Crippen LogP contribution is 2.27. The van der Waals surface area contributed by atoms with Crippen LogP contribution in [0.25, 0.3) is 10.6 Å². The molecule has 3 rings (SSSR count). The Bertz CT molecular complexity index is 819. The van der Waals surface area contributed by atoms with Gasteiger partial charge in [-0.3, -0.25) is 9.59 Å². The average Bonchev–Trinajstić information content (AvgIpc) is 3.02. The summed E-state index contributed by atoms with van der Waals surface area (Å²) in [6, 6.07) is 3.47. The van der Waals surface area contributed by atoms with Gasteiger partial charge >= 0.3 is 0 Å². The molecule has 2 heterocycles. The second-order valence-electron chi connectivity index (χ2n) is 5.94. The number of rotatable bonds is 2. The van der Waals surface area contributed by atoms with Crippen LogP contribution in [0.1, 0.15) is 24.3 Å². The first kappa shape index (κ1) is 16.5. The van der Waals surface area contributed by atoms with Crippen LogP contribution in [0.4, 0.5) is 8.78 Å². The number of thiazole rings is 1. The molecule has 1 saturated heterocycles. The lowest BCUT2D eigenvalue weighted by atomic mass is 9.98. The van der Waals surface area contributed by atoms with Gasteiger partial charge in [0.05, 0.1) is 0 Å². The number of carbonyl (C=O) groups is 2. The number of hydrogen-bond acceptors (Lipinski definition) is 4. The SMILES string of the molecule is CC1(C)C(=O)NCCN1C(=O)c1csc(-c2ccc(F)c(F)c2)n1. The fourth-order valence-corrected chi connectivity index (χ4v) is 3.32. The fraction of sp³-hybridized carbons (Fsp3) is 0.312. The van der Waals surface area contributed by atoms with E-state index in [0.717, 1.165) is 23.5 Å². The van der Waals surface area contributed by atoms with Gasteiger partial charge in [0.25, 0.3) is 5.91 Å². The lowest BCUT2D eigenvalue weighted by Gasteiger charge is -2.40. The Morgan fingerprint density at radius 2 is 2.08 bits per heavy atom. The van der Waals surface area contributed by atoms with Crippen molar-refractivity contribution in [1.29, 1.82) is 0 Å². The van der Waals surface area contributed by atoms with Crippen LogP contribution in [0.2, 0.25) is 0 Å². The minimum absolute atomic E-state index is 0.183. The molecule has 0 aliphatic carbocycles. The summed E-state index contributed by atoms with van der Waals surface area (Å²) >= 11 is 1.16. The number of amides is 2. The highest BCUT2D eigenvalue weighted by Gasteiger charge is 2.41. The Labute approximate surface area is 141 Å². The van der Waals surface area contributed by atoms with Crippen LogP contribution in [-0.4, -0.2) is 40.3 Å². The molecule has 0 unspecified atom stereocenters. The number of benzene rings is 1. The van der Waals surface area contributed by atoms with Crippen molar-refractivity contribution in [3.63, 3.8) is 0 Å². The highest BCUT2D eigenvalue weighted by atomic mass is 32.1. The number of carbonyl (C=O) groups excluding carboxylic acids is 2. The molecule has 24 heavy (non-hydrogen) atoms. The Morgan fingerprint density at radius 3 is 2.79 bits per heavy atom. The van der Waals surface area contributed by atoms with Crippen molar-refractivity contribution in [2.24, 2.45) is 0 Å². The predicted octanol–water partition coefficient (Wildman–Crippen LogP) is 2.44. The summed E-state index contributed by atoms with van der Waals surface area (Å²) in [6.45, 7) is 4.10. The van der Waals surface area contributed by atoms with Crippen LogP contribution in [0, 0.1) is 11.6 Å². The maximum Gasteiger partial charge on any atom is 0.274 e. The first-order chi connectivity index (χ1) is 11.3. The summed E-state index contributed by atoms with van der Waals surface area (Å²) in [6.07, 6.45) is 0. The minimum Gasteiger partial charge on any atom is -0.352 e. The fourth-order valence-electron chi connectivity index (χ4n) is 2.53. The molecule has 1 aliphatic rings. The quantitative estimate of drug-likeness (QED) is 0.904. The number of nitrogens with one attached hydrogen (secondary N) is 1. The van der Waals surface area contributed by atoms with Gasteiger partial charge in [-0.1, -0.05) is 0 Å². The first-order valence-corrected chi connectivity index (χ1v) is 8.20. The molecule has 1 aliphatic heterocycles. The Kier molecular flexibility index (Phi) is 4.08. The van der Waals surface area contributed by atoms with E-state index in [2.05, 4.69) is 10.3 Å². The Morgan fingerprint density at radius 1 is 1.33 bits per heavy atom. The molecule has 0 radical (unpaired) electrons. The van der Waals surface area contributed by atoms with E-state index in [0.29, 0.717) is 23.7 Å². The monoisotopic (exact) mass is 351 g/mol. The maximum absolute atomic E-state index is 13.3. The second-order valence-corrected chi connectivity index (χ2v) is 6.80. The van der Waals surface area contributed by atoms with Crippen molar-refractivity contribution >= 4 is 23.2 Å². The molecular weight excluding hydrogens is 336 g/mol. The molecule has 0 spiro atoms. The third kappa shape index (κ3) is 2.77. The second kappa shape index (κ2) is 5.94. The van der Waals surface area contributed by atoms with E-state index in [1.165, 1.54) is 11.0 Å². The van der Waals surface area contributed by atoms with E-state index in [1.807, 2.05) is 0 Å². The molecule has 1 fully saturated rings. The number of halogens is 2. The lowest BCUT2D eigenvalue weighted by molar-refractivity contribution is -0.133. The van der Waals surface area contributed by atoms with Crippen LogP contribution in [0.15, 0.2) is 23.6 Å². The summed E-state index contributed by atoms with van der Waals surface area (Å²) < 4.78 is 26.4. The summed E-state index contributed by atoms with van der Waals surface area (Å²) in [5.41, 5.74) is -0.391. The molecule has 0 saturated carbocycles. The molecule has 0 atom stereocenters. The van der Waals surface area contributed by atoms with E-state index in [-0.39, 0.29) is 17.5 Å². The largest absolute Gasteiger partial charge is 0.352 e. The Balaban J connectivity index is 1.88. The third-order valence-corrected chi connectivity index (χ3v) is 4.88. The van der Waals surface area contributed by atoms with E-state index >= 15 is 0 Å². The van der Waals surface area contributed by atoms with Gasteiger partial charge in [-0.25, -0.2) is 13.8 Å².